The summed E-state index contributed by atoms with van der Waals surface area (Å²) in [5, 5.41) is 21.4. The Balaban J connectivity index is 3.00. The molecule has 1 aromatic rings. The van der Waals surface area contributed by atoms with E-state index in [2.05, 4.69) is 0 Å². The molecule has 0 bridgehead atoms. The maximum Gasteiger partial charge on any atom is 0.410 e. The highest BCUT2D eigenvalue weighted by atomic mass is 16.6. The third-order valence-corrected chi connectivity index (χ3v) is 3.59. The Labute approximate surface area is 158 Å². The van der Waals surface area contributed by atoms with E-state index in [4.69, 9.17) is 9.47 Å². The lowest BCUT2D eigenvalue weighted by atomic mass is 9.95. The monoisotopic (exact) mass is 382 g/mol. The minimum absolute atomic E-state index is 0.110. The molecule has 0 radical (unpaired) electrons. The second kappa shape index (κ2) is 9.31. The molecule has 0 saturated heterocycles. The fraction of sp³-hybridized carbons (Fsp3) is 0.556. The largest absolute Gasteiger partial charge is 0.466 e. The molecule has 1 amide bonds. The number of aliphatic hydroxyl groups excluding tert-OH is 1. The SMILES string of the molecule is CCOC(=O)C(CN(C)C(=O)OC(C)(C)C)C(O)c1ccc([N+](=O)[O-])cc1. The number of rotatable bonds is 7. The van der Waals surface area contributed by atoms with Crippen LogP contribution in [0.15, 0.2) is 24.3 Å². The first-order valence-electron chi connectivity index (χ1n) is 8.49. The summed E-state index contributed by atoms with van der Waals surface area (Å²) in [6.45, 7) is 6.74. The van der Waals surface area contributed by atoms with Crippen LogP contribution < -0.4 is 0 Å². The van der Waals surface area contributed by atoms with Crippen LogP contribution in [-0.2, 0) is 14.3 Å². The lowest BCUT2D eigenvalue weighted by molar-refractivity contribution is -0.384. The van der Waals surface area contributed by atoms with Crippen LogP contribution in [0, 0.1) is 16.0 Å². The van der Waals surface area contributed by atoms with Gasteiger partial charge in [0.15, 0.2) is 0 Å². The molecular formula is C18H26N2O7. The van der Waals surface area contributed by atoms with E-state index >= 15 is 0 Å². The quantitative estimate of drug-likeness (QED) is 0.437. The number of non-ortho nitro benzene ring substituents is 1. The summed E-state index contributed by atoms with van der Waals surface area (Å²) in [7, 11) is 1.45. The molecule has 1 N–H and O–H groups in total. The molecule has 0 saturated carbocycles. The van der Waals surface area contributed by atoms with Crippen LogP contribution in [0.4, 0.5) is 10.5 Å². The topological polar surface area (TPSA) is 119 Å². The van der Waals surface area contributed by atoms with Gasteiger partial charge in [-0.2, -0.15) is 0 Å². The van der Waals surface area contributed by atoms with Gasteiger partial charge in [-0.3, -0.25) is 14.9 Å². The van der Waals surface area contributed by atoms with Gasteiger partial charge in [-0.05, 0) is 45.4 Å². The first kappa shape index (κ1) is 22.4. The lowest BCUT2D eigenvalue weighted by Gasteiger charge is -2.29. The molecule has 2 unspecified atom stereocenters. The maximum absolute atomic E-state index is 12.3. The Morgan fingerprint density at radius 1 is 1.26 bits per heavy atom. The normalized spacial score (nSPS) is 13.4. The van der Waals surface area contributed by atoms with Gasteiger partial charge in [-0.1, -0.05) is 0 Å². The number of nitro benzene ring substituents is 1. The van der Waals surface area contributed by atoms with Crippen LogP contribution in [0.2, 0.25) is 0 Å². The molecule has 1 aromatic carbocycles. The van der Waals surface area contributed by atoms with E-state index in [0.717, 1.165) is 0 Å². The van der Waals surface area contributed by atoms with Crippen LogP contribution in [0.5, 0.6) is 0 Å². The van der Waals surface area contributed by atoms with Gasteiger partial charge in [0.25, 0.3) is 5.69 Å². The van der Waals surface area contributed by atoms with Gasteiger partial charge in [0.05, 0.1) is 17.6 Å². The summed E-state index contributed by atoms with van der Waals surface area (Å²) < 4.78 is 10.3. The molecule has 150 valence electrons. The first-order valence-corrected chi connectivity index (χ1v) is 8.49. The summed E-state index contributed by atoms with van der Waals surface area (Å²) in [6, 6.07) is 5.20. The van der Waals surface area contributed by atoms with Crippen molar-refractivity contribution in [2.45, 2.75) is 39.4 Å². The summed E-state index contributed by atoms with van der Waals surface area (Å²) in [5.41, 5.74) is -0.539. The van der Waals surface area contributed by atoms with Gasteiger partial charge in [-0.15, -0.1) is 0 Å². The molecule has 9 nitrogen and oxygen atoms in total. The highest BCUT2D eigenvalue weighted by Crippen LogP contribution is 2.26. The van der Waals surface area contributed by atoms with Crippen molar-refractivity contribution in [1.82, 2.24) is 4.90 Å². The number of ether oxygens (including phenoxy) is 2. The molecule has 0 aliphatic rings. The molecule has 0 fully saturated rings. The molecule has 0 aliphatic heterocycles. The second-order valence-corrected chi connectivity index (χ2v) is 7.01. The second-order valence-electron chi connectivity index (χ2n) is 7.01. The summed E-state index contributed by atoms with van der Waals surface area (Å²) in [4.78, 5) is 35.8. The van der Waals surface area contributed by atoms with Crippen molar-refractivity contribution in [1.29, 1.82) is 0 Å². The van der Waals surface area contributed by atoms with Gasteiger partial charge in [0, 0.05) is 25.7 Å². The van der Waals surface area contributed by atoms with E-state index in [-0.39, 0.29) is 18.8 Å². The van der Waals surface area contributed by atoms with E-state index in [1.807, 2.05) is 0 Å². The minimum atomic E-state index is -1.31. The van der Waals surface area contributed by atoms with Crippen molar-refractivity contribution in [2.75, 3.05) is 20.2 Å². The number of hydrogen-bond acceptors (Lipinski definition) is 7. The van der Waals surface area contributed by atoms with Gasteiger partial charge >= 0.3 is 12.1 Å². The number of nitro groups is 1. The van der Waals surface area contributed by atoms with Gasteiger partial charge in [0.2, 0.25) is 0 Å². The number of benzene rings is 1. The summed E-state index contributed by atoms with van der Waals surface area (Å²) in [5.74, 6) is -1.76. The van der Waals surface area contributed by atoms with Crippen molar-refractivity contribution < 1.29 is 29.1 Å². The lowest BCUT2D eigenvalue weighted by Crippen LogP contribution is -2.41. The summed E-state index contributed by atoms with van der Waals surface area (Å²) in [6.07, 6.45) is -1.96. The van der Waals surface area contributed by atoms with Crippen LogP contribution in [0.25, 0.3) is 0 Å². The molecule has 9 heteroatoms. The Kier molecular flexibility index (Phi) is 7.71. The van der Waals surface area contributed by atoms with Gasteiger partial charge in [0.1, 0.15) is 11.5 Å². The number of nitrogens with zero attached hydrogens (tertiary/aromatic N) is 2. The number of carbonyl (C=O) groups excluding carboxylic acids is 2. The molecule has 0 spiro atoms. The van der Waals surface area contributed by atoms with E-state index in [1.54, 1.807) is 27.7 Å². The highest BCUT2D eigenvalue weighted by molar-refractivity contribution is 5.75. The smallest absolute Gasteiger partial charge is 0.410 e. The van der Waals surface area contributed by atoms with Gasteiger partial charge in [-0.25, -0.2) is 4.79 Å². The number of aliphatic hydroxyl groups is 1. The molecule has 0 aliphatic carbocycles. The summed E-state index contributed by atoms with van der Waals surface area (Å²) >= 11 is 0. The van der Waals surface area contributed by atoms with Crippen molar-refractivity contribution >= 4 is 17.7 Å². The number of esters is 1. The number of carbonyl (C=O) groups is 2. The zero-order valence-electron chi connectivity index (χ0n) is 16.2. The Morgan fingerprint density at radius 2 is 1.81 bits per heavy atom. The van der Waals surface area contributed by atoms with Gasteiger partial charge < -0.3 is 19.5 Å². The molecule has 0 heterocycles. The van der Waals surface area contributed by atoms with Crippen molar-refractivity contribution in [3.8, 4) is 0 Å². The fourth-order valence-electron chi connectivity index (χ4n) is 2.29. The van der Waals surface area contributed by atoms with Crippen LogP contribution in [0.3, 0.4) is 0 Å². The van der Waals surface area contributed by atoms with E-state index in [0.29, 0.717) is 5.56 Å². The zero-order valence-corrected chi connectivity index (χ0v) is 16.2. The molecule has 27 heavy (non-hydrogen) atoms. The Hall–Kier alpha value is -2.68. The van der Waals surface area contributed by atoms with Crippen molar-refractivity contribution in [3.63, 3.8) is 0 Å². The minimum Gasteiger partial charge on any atom is -0.466 e. The fourth-order valence-corrected chi connectivity index (χ4v) is 2.29. The van der Waals surface area contributed by atoms with Crippen LogP contribution in [0.1, 0.15) is 39.4 Å². The molecular weight excluding hydrogens is 356 g/mol. The first-order chi connectivity index (χ1) is 12.5. The predicted molar refractivity (Wildman–Crippen MR) is 97.0 cm³/mol. The Bertz CT molecular complexity index is 667. The molecule has 2 atom stereocenters. The average Bonchev–Trinajstić information content (AvgIpc) is 2.57. The number of amides is 1. The third-order valence-electron chi connectivity index (χ3n) is 3.59. The molecule has 0 aromatic heterocycles. The standard InChI is InChI=1S/C18H26N2O7/c1-6-26-16(22)14(11-19(5)17(23)27-18(2,3)4)15(21)12-7-9-13(10-8-12)20(24)25/h7-10,14-15,21H,6,11H2,1-5H3. The average molecular weight is 382 g/mol. The Morgan fingerprint density at radius 3 is 2.26 bits per heavy atom. The van der Waals surface area contributed by atoms with E-state index in [1.165, 1.54) is 36.2 Å². The predicted octanol–water partition coefficient (Wildman–Crippen LogP) is 2.67. The van der Waals surface area contributed by atoms with Crippen molar-refractivity contribution in [2.24, 2.45) is 5.92 Å². The van der Waals surface area contributed by atoms with Crippen LogP contribution >= 0.6 is 0 Å². The van der Waals surface area contributed by atoms with E-state index in [9.17, 15) is 24.8 Å². The highest BCUT2D eigenvalue weighted by Gasteiger charge is 2.33. The van der Waals surface area contributed by atoms with Crippen LogP contribution in [-0.4, -0.2) is 52.8 Å². The van der Waals surface area contributed by atoms with E-state index < -0.39 is 34.6 Å². The third kappa shape index (κ3) is 6.86. The molecule has 1 rings (SSSR count). The zero-order chi connectivity index (χ0) is 20.8. The van der Waals surface area contributed by atoms with Crippen molar-refractivity contribution in [3.05, 3.63) is 39.9 Å². The maximum atomic E-state index is 12.3. The number of hydrogen-bond donors (Lipinski definition) is 1.